The van der Waals surface area contributed by atoms with Gasteiger partial charge in [-0.25, -0.2) is 0 Å². The SMILES string of the molecule is Cc1cccc(NC(=O)[C@@H]2CC(=O)N(c3ccc4c(c3)OCCO4)C2)c1. The lowest BCUT2D eigenvalue weighted by Crippen LogP contribution is -2.28. The van der Waals surface area contributed by atoms with Gasteiger partial charge in [0, 0.05) is 30.4 Å². The first kappa shape index (κ1) is 16.4. The molecule has 1 atom stereocenters. The van der Waals surface area contributed by atoms with Crippen LogP contribution in [0, 0.1) is 12.8 Å². The molecule has 6 nitrogen and oxygen atoms in total. The van der Waals surface area contributed by atoms with Crippen molar-refractivity contribution >= 4 is 23.2 Å². The van der Waals surface area contributed by atoms with Crippen molar-refractivity contribution in [1.82, 2.24) is 0 Å². The molecule has 0 aromatic heterocycles. The van der Waals surface area contributed by atoms with Crippen molar-refractivity contribution < 1.29 is 19.1 Å². The highest BCUT2D eigenvalue weighted by atomic mass is 16.6. The molecule has 0 aliphatic carbocycles. The zero-order chi connectivity index (χ0) is 18.1. The zero-order valence-electron chi connectivity index (χ0n) is 14.5. The lowest BCUT2D eigenvalue weighted by molar-refractivity contribution is -0.122. The topological polar surface area (TPSA) is 67.9 Å². The smallest absolute Gasteiger partial charge is 0.229 e. The van der Waals surface area contributed by atoms with Gasteiger partial charge in [0.15, 0.2) is 11.5 Å². The van der Waals surface area contributed by atoms with E-state index in [1.807, 2.05) is 37.3 Å². The normalized spacial score (nSPS) is 18.7. The lowest BCUT2D eigenvalue weighted by atomic mass is 10.1. The predicted molar refractivity (Wildman–Crippen MR) is 97.7 cm³/mol. The number of aryl methyl sites for hydroxylation is 1. The third-order valence-electron chi connectivity index (χ3n) is 4.62. The predicted octanol–water partition coefficient (Wildman–Crippen LogP) is 2.76. The second kappa shape index (κ2) is 6.71. The maximum absolute atomic E-state index is 12.5. The Morgan fingerprint density at radius 2 is 1.92 bits per heavy atom. The number of amides is 2. The van der Waals surface area contributed by atoms with Crippen LogP contribution in [0.4, 0.5) is 11.4 Å². The molecule has 1 saturated heterocycles. The van der Waals surface area contributed by atoms with E-state index >= 15 is 0 Å². The molecular formula is C20H20N2O4. The Morgan fingerprint density at radius 1 is 1.12 bits per heavy atom. The van der Waals surface area contributed by atoms with Crippen molar-refractivity contribution in [3.8, 4) is 11.5 Å². The number of carbonyl (C=O) groups is 2. The van der Waals surface area contributed by atoms with Crippen LogP contribution in [0.2, 0.25) is 0 Å². The van der Waals surface area contributed by atoms with Gasteiger partial charge in [-0.15, -0.1) is 0 Å². The fourth-order valence-corrected chi connectivity index (χ4v) is 3.30. The Kier molecular flexibility index (Phi) is 4.24. The minimum absolute atomic E-state index is 0.0638. The van der Waals surface area contributed by atoms with Gasteiger partial charge in [0.2, 0.25) is 11.8 Å². The summed E-state index contributed by atoms with van der Waals surface area (Å²) in [6, 6.07) is 13.1. The van der Waals surface area contributed by atoms with E-state index in [0.717, 1.165) is 16.9 Å². The first-order valence-electron chi connectivity index (χ1n) is 8.68. The number of hydrogen-bond acceptors (Lipinski definition) is 4. The average Bonchev–Trinajstić information content (AvgIpc) is 3.03. The number of fused-ring (bicyclic) bond motifs is 1. The van der Waals surface area contributed by atoms with Crippen molar-refractivity contribution in [1.29, 1.82) is 0 Å². The van der Waals surface area contributed by atoms with Crippen molar-refractivity contribution in [3.05, 3.63) is 48.0 Å². The number of carbonyl (C=O) groups excluding carboxylic acids is 2. The number of anilines is 2. The summed E-state index contributed by atoms with van der Waals surface area (Å²) in [4.78, 5) is 26.6. The molecule has 2 aliphatic rings. The highest BCUT2D eigenvalue weighted by Crippen LogP contribution is 2.36. The Bertz CT molecular complexity index is 865. The molecule has 2 heterocycles. The van der Waals surface area contributed by atoms with Crippen LogP contribution in [0.3, 0.4) is 0 Å². The standard InChI is InChI=1S/C20H20N2O4/c1-13-3-2-4-15(9-13)21-20(24)14-10-19(23)22(12-14)16-5-6-17-18(11-16)26-8-7-25-17/h2-6,9,11,14H,7-8,10,12H2,1H3,(H,21,24)/t14-/m1/s1. The number of nitrogens with zero attached hydrogens (tertiary/aromatic N) is 1. The van der Waals surface area contributed by atoms with Crippen molar-refractivity contribution in [2.75, 3.05) is 30.0 Å². The quantitative estimate of drug-likeness (QED) is 0.922. The zero-order valence-corrected chi connectivity index (χ0v) is 14.5. The molecule has 2 aromatic carbocycles. The van der Waals surface area contributed by atoms with Gasteiger partial charge in [-0.1, -0.05) is 12.1 Å². The summed E-state index contributed by atoms with van der Waals surface area (Å²) in [5.74, 6) is 0.737. The van der Waals surface area contributed by atoms with Gasteiger partial charge < -0.3 is 19.7 Å². The Morgan fingerprint density at radius 3 is 2.73 bits per heavy atom. The van der Waals surface area contributed by atoms with Gasteiger partial charge in [0.25, 0.3) is 0 Å². The lowest BCUT2D eigenvalue weighted by Gasteiger charge is -2.22. The number of nitrogens with one attached hydrogen (secondary N) is 1. The summed E-state index contributed by atoms with van der Waals surface area (Å²) in [5, 5.41) is 2.90. The van der Waals surface area contributed by atoms with Crippen LogP contribution in [-0.2, 0) is 9.59 Å². The Labute approximate surface area is 151 Å². The molecule has 0 radical (unpaired) electrons. The molecule has 2 aliphatic heterocycles. The summed E-state index contributed by atoms with van der Waals surface area (Å²) in [5.41, 5.74) is 2.55. The van der Waals surface area contributed by atoms with Gasteiger partial charge in [-0.2, -0.15) is 0 Å². The third-order valence-corrected chi connectivity index (χ3v) is 4.62. The van der Waals surface area contributed by atoms with E-state index in [2.05, 4.69) is 5.32 Å². The van der Waals surface area contributed by atoms with Gasteiger partial charge >= 0.3 is 0 Å². The highest BCUT2D eigenvalue weighted by Gasteiger charge is 2.35. The molecule has 0 spiro atoms. The van der Waals surface area contributed by atoms with Gasteiger partial charge in [0.05, 0.1) is 5.92 Å². The summed E-state index contributed by atoms with van der Waals surface area (Å²) < 4.78 is 11.1. The average molecular weight is 352 g/mol. The first-order chi connectivity index (χ1) is 12.6. The first-order valence-corrected chi connectivity index (χ1v) is 8.68. The number of hydrogen-bond donors (Lipinski definition) is 1. The van der Waals surface area contributed by atoms with E-state index < -0.39 is 0 Å². The summed E-state index contributed by atoms with van der Waals surface area (Å²) in [7, 11) is 0. The van der Waals surface area contributed by atoms with Crippen LogP contribution >= 0.6 is 0 Å². The van der Waals surface area contributed by atoms with E-state index in [1.165, 1.54) is 0 Å². The molecular weight excluding hydrogens is 332 g/mol. The van der Waals surface area contributed by atoms with Gasteiger partial charge in [-0.05, 0) is 36.8 Å². The van der Waals surface area contributed by atoms with E-state index in [4.69, 9.17) is 9.47 Å². The second-order valence-electron chi connectivity index (χ2n) is 6.59. The molecule has 0 unspecified atom stereocenters. The summed E-state index contributed by atoms with van der Waals surface area (Å²) >= 11 is 0. The molecule has 1 fully saturated rings. The van der Waals surface area contributed by atoms with Crippen LogP contribution in [0.25, 0.3) is 0 Å². The number of rotatable bonds is 3. The molecule has 4 rings (SSSR count). The van der Waals surface area contributed by atoms with Crippen LogP contribution in [-0.4, -0.2) is 31.6 Å². The maximum atomic E-state index is 12.5. The van der Waals surface area contributed by atoms with Crippen LogP contribution in [0.1, 0.15) is 12.0 Å². The van der Waals surface area contributed by atoms with E-state index in [-0.39, 0.29) is 24.2 Å². The van der Waals surface area contributed by atoms with Crippen LogP contribution in [0.15, 0.2) is 42.5 Å². The molecule has 0 saturated carbocycles. The monoisotopic (exact) mass is 352 g/mol. The molecule has 6 heteroatoms. The van der Waals surface area contributed by atoms with Gasteiger partial charge in [0.1, 0.15) is 13.2 Å². The molecule has 2 amide bonds. The molecule has 2 aromatic rings. The molecule has 1 N–H and O–H groups in total. The fraction of sp³-hybridized carbons (Fsp3) is 0.300. The third kappa shape index (κ3) is 3.22. The van der Waals surface area contributed by atoms with E-state index in [9.17, 15) is 9.59 Å². The van der Waals surface area contributed by atoms with Gasteiger partial charge in [-0.3, -0.25) is 9.59 Å². The molecule has 0 bridgehead atoms. The highest BCUT2D eigenvalue weighted by molar-refractivity contribution is 6.03. The van der Waals surface area contributed by atoms with Crippen LogP contribution < -0.4 is 19.7 Å². The van der Waals surface area contributed by atoms with Crippen molar-refractivity contribution in [3.63, 3.8) is 0 Å². The fourth-order valence-electron chi connectivity index (χ4n) is 3.30. The summed E-state index contributed by atoms with van der Waals surface area (Å²) in [6.45, 7) is 3.34. The van der Waals surface area contributed by atoms with Crippen molar-refractivity contribution in [2.24, 2.45) is 5.92 Å². The van der Waals surface area contributed by atoms with E-state index in [1.54, 1.807) is 17.0 Å². The summed E-state index contributed by atoms with van der Waals surface area (Å²) in [6.07, 6.45) is 0.200. The maximum Gasteiger partial charge on any atom is 0.229 e. The number of ether oxygens (including phenoxy) is 2. The van der Waals surface area contributed by atoms with E-state index in [0.29, 0.717) is 31.3 Å². The largest absolute Gasteiger partial charge is 0.486 e. The Balaban J connectivity index is 1.47. The Hall–Kier alpha value is -3.02. The minimum Gasteiger partial charge on any atom is -0.486 e. The molecule has 134 valence electrons. The number of benzene rings is 2. The van der Waals surface area contributed by atoms with Crippen molar-refractivity contribution in [2.45, 2.75) is 13.3 Å². The van der Waals surface area contributed by atoms with Crippen LogP contribution in [0.5, 0.6) is 11.5 Å². The second-order valence-corrected chi connectivity index (χ2v) is 6.59. The molecule has 26 heavy (non-hydrogen) atoms. The minimum atomic E-state index is -0.379.